The molecule has 0 saturated carbocycles. The van der Waals surface area contributed by atoms with Gasteiger partial charge in [-0.15, -0.1) is 0 Å². The molecule has 3 rings (SSSR count). The van der Waals surface area contributed by atoms with Crippen molar-refractivity contribution < 1.29 is 19.4 Å². The van der Waals surface area contributed by atoms with E-state index in [1.165, 1.54) is 12.1 Å². The number of Topliss-reactive ketones (excluding diaryl/α,β-unsaturated/α-hetero) is 1. The number of aromatic hydroxyl groups is 1. The number of phenols is 1. The number of phenolic OH excluding ortho intramolecular Hbond substituents is 1. The molecule has 3 aromatic rings. The van der Waals surface area contributed by atoms with Gasteiger partial charge in [-0.3, -0.25) is 4.79 Å². The molecule has 0 amide bonds. The molecule has 0 radical (unpaired) electrons. The van der Waals surface area contributed by atoms with Crippen LogP contribution in [0.15, 0.2) is 84.9 Å². The van der Waals surface area contributed by atoms with Gasteiger partial charge in [-0.05, 0) is 12.1 Å². The van der Waals surface area contributed by atoms with Gasteiger partial charge in [0, 0.05) is 11.1 Å². The van der Waals surface area contributed by atoms with Crippen LogP contribution >= 0.6 is 0 Å². The molecule has 0 fully saturated rings. The molecular weight excluding hydrogens is 316 g/mol. The largest absolute Gasteiger partial charge is 0.507 e. The van der Waals surface area contributed by atoms with Gasteiger partial charge in [0.15, 0.2) is 6.10 Å². The van der Waals surface area contributed by atoms with Crippen LogP contribution in [0.1, 0.15) is 32.4 Å². The van der Waals surface area contributed by atoms with E-state index in [-0.39, 0.29) is 17.1 Å². The Morgan fingerprint density at radius 1 is 0.760 bits per heavy atom. The van der Waals surface area contributed by atoms with Gasteiger partial charge in [0.25, 0.3) is 0 Å². The van der Waals surface area contributed by atoms with Gasteiger partial charge in [-0.2, -0.15) is 0 Å². The van der Waals surface area contributed by atoms with E-state index in [4.69, 9.17) is 4.74 Å². The number of carbonyl (C=O) groups is 2. The highest BCUT2D eigenvalue weighted by atomic mass is 16.5. The van der Waals surface area contributed by atoms with Crippen LogP contribution in [0.2, 0.25) is 0 Å². The zero-order valence-corrected chi connectivity index (χ0v) is 13.3. The zero-order valence-electron chi connectivity index (χ0n) is 13.3. The summed E-state index contributed by atoms with van der Waals surface area (Å²) in [5.41, 5.74) is 1.03. The summed E-state index contributed by atoms with van der Waals surface area (Å²) in [6, 6.07) is 23.5. The van der Waals surface area contributed by atoms with Crippen molar-refractivity contribution >= 4 is 11.8 Å². The van der Waals surface area contributed by atoms with E-state index in [1.54, 1.807) is 60.7 Å². The lowest BCUT2D eigenvalue weighted by molar-refractivity contribution is 0.0277. The molecule has 0 bridgehead atoms. The Kier molecular flexibility index (Phi) is 4.90. The van der Waals surface area contributed by atoms with Crippen molar-refractivity contribution in [3.8, 4) is 5.75 Å². The second-order valence-corrected chi connectivity index (χ2v) is 5.44. The van der Waals surface area contributed by atoms with Crippen molar-refractivity contribution in [1.82, 2.24) is 0 Å². The highest BCUT2D eigenvalue weighted by molar-refractivity contribution is 6.02. The third kappa shape index (κ3) is 3.75. The first-order chi connectivity index (χ1) is 12.2. The Labute approximate surface area is 145 Å². The van der Waals surface area contributed by atoms with Crippen LogP contribution in [0.5, 0.6) is 5.75 Å². The van der Waals surface area contributed by atoms with Crippen LogP contribution in [-0.4, -0.2) is 16.9 Å². The van der Waals surface area contributed by atoms with Crippen molar-refractivity contribution in [3.05, 3.63) is 102 Å². The second-order valence-electron chi connectivity index (χ2n) is 5.44. The Hall–Kier alpha value is -3.40. The van der Waals surface area contributed by atoms with E-state index in [0.717, 1.165) is 0 Å². The third-order valence-corrected chi connectivity index (χ3v) is 3.75. The molecule has 3 aromatic carbocycles. The first-order valence-corrected chi connectivity index (χ1v) is 7.80. The number of carbonyl (C=O) groups excluding carboxylic acids is 2. The van der Waals surface area contributed by atoms with Crippen molar-refractivity contribution in [3.63, 3.8) is 0 Å². The highest BCUT2D eigenvalue weighted by Crippen LogP contribution is 2.26. The standard InChI is InChI=1S/C21H16O4/c22-18-14-8-7-13-17(18)21(24)25-20(16-11-5-2-6-12-16)19(23)15-9-3-1-4-10-15/h1-14,20,22H/t20-/m0/s1. The van der Waals surface area contributed by atoms with Gasteiger partial charge in [-0.25, -0.2) is 4.79 Å². The molecule has 0 spiro atoms. The van der Waals surface area contributed by atoms with Gasteiger partial charge < -0.3 is 9.84 Å². The molecule has 0 aliphatic rings. The topological polar surface area (TPSA) is 63.6 Å². The van der Waals surface area contributed by atoms with Crippen LogP contribution in [-0.2, 0) is 4.74 Å². The molecule has 1 atom stereocenters. The molecule has 124 valence electrons. The summed E-state index contributed by atoms with van der Waals surface area (Å²) >= 11 is 0. The maximum absolute atomic E-state index is 12.9. The van der Waals surface area contributed by atoms with E-state index in [0.29, 0.717) is 11.1 Å². The highest BCUT2D eigenvalue weighted by Gasteiger charge is 2.27. The molecule has 4 nitrogen and oxygen atoms in total. The first-order valence-electron chi connectivity index (χ1n) is 7.80. The minimum atomic E-state index is -1.09. The molecule has 0 unspecified atom stereocenters. The number of ether oxygens (including phenoxy) is 1. The summed E-state index contributed by atoms with van der Waals surface area (Å²) in [5.74, 6) is -1.27. The minimum Gasteiger partial charge on any atom is -0.507 e. The fraction of sp³-hybridized carbons (Fsp3) is 0.0476. The third-order valence-electron chi connectivity index (χ3n) is 3.75. The summed E-state index contributed by atoms with van der Waals surface area (Å²) in [6.45, 7) is 0. The van der Waals surface area contributed by atoms with E-state index >= 15 is 0 Å². The fourth-order valence-corrected chi connectivity index (χ4v) is 2.47. The summed E-state index contributed by atoms with van der Waals surface area (Å²) in [5, 5.41) is 9.83. The number of para-hydroxylation sites is 1. The van der Waals surface area contributed by atoms with E-state index in [1.807, 2.05) is 12.1 Å². The van der Waals surface area contributed by atoms with Crippen LogP contribution < -0.4 is 0 Å². The average molecular weight is 332 g/mol. The Bertz CT molecular complexity index is 873. The SMILES string of the molecule is O=C(O[C@H](C(=O)c1ccccc1)c1ccccc1)c1ccccc1O. The Morgan fingerprint density at radius 2 is 1.32 bits per heavy atom. The number of ketones is 1. The molecule has 0 saturated heterocycles. The smallest absolute Gasteiger partial charge is 0.342 e. The van der Waals surface area contributed by atoms with Crippen molar-refractivity contribution in [2.45, 2.75) is 6.10 Å². The van der Waals surface area contributed by atoms with Crippen LogP contribution in [0, 0.1) is 0 Å². The van der Waals surface area contributed by atoms with E-state index in [2.05, 4.69) is 0 Å². The second kappa shape index (κ2) is 7.45. The normalized spacial score (nSPS) is 11.5. The lowest BCUT2D eigenvalue weighted by atomic mass is 9.99. The van der Waals surface area contributed by atoms with Gasteiger partial charge in [0.1, 0.15) is 11.3 Å². The van der Waals surface area contributed by atoms with Crippen LogP contribution in [0.25, 0.3) is 0 Å². The molecule has 0 aliphatic heterocycles. The van der Waals surface area contributed by atoms with Crippen molar-refractivity contribution in [2.24, 2.45) is 0 Å². The van der Waals surface area contributed by atoms with Gasteiger partial charge >= 0.3 is 5.97 Å². The molecule has 1 N–H and O–H groups in total. The number of hydrogen-bond acceptors (Lipinski definition) is 4. The predicted molar refractivity (Wildman–Crippen MR) is 93.5 cm³/mol. The quantitative estimate of drug-likeness (QED) is 0.562. The lowest BCUT2D eigenvalue weighted by Gasteiger charge is -2.18. The first kappa shape index (κ1) is 16.5. The van der Waals surface area contributed by atoms with E-state index < -0.39 is 12.1 Å². The molecule has 0 heterocycles. The maximum Gasteiger partial charge on any atom is 0.342 e. The van der Waals surface area contributed by atoms with E-state index in [9.17, 15) is 14.7 Å². The molecule has 0 aliphatic carbocycles. The maximum atomic E-state index is 12.9. The summed E-state index contributed by atoms with van der Waals surface area (Å²) in [7, 11) is 0. The van der Waals surface area contributed by atoms with Crippen molar-refractivity contribution in [2.75, 3.05) is 0 Å². The Balaban J connectivity index is 1.94. The monoisotopic (exact) mass is 332 g/mol. The summed E-state index contributed by atoms with van der Waals surface area (Å²) < 4.78 is 5.47. The average Bonchev–Trinajstić information content (AvgIpc) is 2.67. The lowest BCUT2D eigenvalue weighted by Crippen LogP contribution is -2.20. The summed E-state index contributed by atoms with van der Waals surface area (Å²) in [4.78, 5) is 25.3. The number of benzene rings is 3. The number of rotatable bonds is 5. The Morgan fingerprint density at radius 3 is 1.96 bits per heavy atom. The van der Waals surface area contributed by atoms with Gasteiger partial charge in [-0.1, -0.05) is 72.8 Å². The number of hydrogen-bond donors (Lipinski definition) is 1. The van der Waals surface area contributed by atoms with Gasteiger partial charge in [0.2, 0.25) is 5.78 Å². The summed E-state index contributed by atoms with van der Waals surface area (Å²) in [6.07, 6.45) is -1.09. The molecule has 0 aromatic heterocycles. The fourth-order valence-electron chi connectivity index (χ4n) is 2.47. The molecule has 25 heavy (non-hydrogen) atoms. The predicted octanol–water partition coefficient (Wildman–Crippen LogP) is 4.17. The van der Waals surface area contributed by atoms with Crippen LogP contribution in [0.4, 0.5) is 0 Å². The number of esters is 1. The minimum absolute atomic E-state index is 0.0179. The van der Waals surface area contributed by atoms with Gasteiger partial charge in [0.05, 0.1) is 0 Å². The van der Waals surface area contributed by atoms with Crippen LogP contribution in [0.3, 0.4) is 0 Å². The zero-order chi connectivity index (χ0) is 17.6. The van der Waals surface area contributed by atoms with Crippen molar-refractivity contribution in [1.29, 1.82) is 0 Å². The molecule has 4 heteroatoms. The molecular formula is C21H16O4.